The van der Waals surface area contributed by atoms with Gasteiger partial charge in [0.1, 0.15) is 11.3 Å². The van der Waals surface area contributed by atoms with Crippen LogP contribution in [0.2, 0.25) is 0 Å². The van der Waals surface area contributed by atoms with Gasteiger partial charge in [0, 0.05) is 0 Å². The maximum absolute atomic E-state index is 10.5. The SMILES string of the molecule is CC[C@H](O)c1ccc(C(=O)O)c(O)c1. The first-order chi connectivity index (χ1) is 6.56. The number of aromatic carboxylic acids is 1. The predicted octanol–water partition coefficient (Wildman–Crippen LogP) is 1.53. The molecule has 1 rings (SSSR count). The van der Waals surface area contributed by atoms with Crippen LogP contribution in [0.25, 0.3) is 0 Å². The predicted molar refractivity (Wildman–Crippen MR) is 50.3 cm³/mol. The van der Waals surface area contributed by atoms with E-state index < -0.39 is 12.1 Å². The zero-order chi connectivity index (χ0) is 10.7. The summed E-state index contributed by atoms with van der Waals surface area (Å²) in [6.07, 6.45) is -0.143. The van der Waals surface area contributed by atoms with E-state index in [-0.39, 0.29) is 11.3 Å². The van der Waals surface area contributed by atoms with Gasteiger partial charge in [0.2, 0.25) is 0 Å². The van der Waals surface area contributed by atoms with Gasteiger partial charge in [-0.05, 0) is 24.1 Å². The molecular formula is C10H12O4. The molecule has 1 atom stereocenters. The largest absolute Gasteiger partial charge is 0.507 e. The molecule has 0 spiro atoms. The monoisotopic (exact) mass is 196 g/mol. The Morgan fingerprint density at radius 2 is 2.14 bits per heavy atom. The molecule has 0 aliphatic heterocycles. The zero-order valence-electron chi connectivity index (χ0n) is 7.77. The number of phenols is 1. The molecule has 0 saturated heterocycles. The topological polar surface area (TPSA) is 77.8 Å². The lowest BCUT2D eigenvalue weighted by molar-refractivity contribution is 0.0693. The van der Waals surface area contributed by atoms with Gasteiger partial charge in [0.05, 0.1) is 6.10 Å². The Labute approximate surface area is 81.4 Å². The van der Waals surface area contributed by atoms with Crippen LogP contribution in [0.15, 0.2) is 18.2 Å². The molecule has 0 radical (unpaired) electrons. The second-order valence-electron chi connectivity index (χ2n) is 3.01. The molecule has 0 aliphatic carbocycles. The first-order valence-corrected chi connectivity index (χ1v) is 4.30. The highest BCUT2D eigenvalue weighted by molar-refractivity contribution is 5.90. The van der Waals surface area contributed by atoms with Crippen LogP contribution < -0.4 is 0 Å². The second kappa shape index (κ2) is 4.11. The maximum Gasteiger partial charge on any atom is 0.339 e. The van der Waals surface area contributed by atoms with Crippen molar-refractivity contribution in [2.45, 2.75) is 19.4 Å². The smallest absolute Gasteiger partial charge is 0.339 e. The van der Waals surface area contributed by atoms with Crippen LogP contribution >= 0.6 is 0 Å². The average molecular weight is 196 g/mol. The maximum atomic E-state index is 10.5. The molecule has 0 aliphatic rings. The van der Waals surface area contributed by atoms with Crippen molar-refractivity contribution in [2.24, 2.45) is 0 Å². The van der Waals surface area contributed by atoms with E-state index in [2.05, 4.69) is 0 Å². The van der Waals surface area contributed by atoms with Crippen molar-refractivity contribution in [3.8, 4) is 5.75 Å². The van der Waals surface area contributed by atoms with Crippen molar-refractivity contribution in [3.05, 3.63) is 29.3 Å². The first-order valence-electron chi connectivity index (χ1n) is 4.30. The minimum absolute atomic E-state index is 0.156. The van der Waals surface area contributed by atoms with Crippen molar-refractivity contribution in [1.82, 2.24) is 0 Å². The molecule has 3 N–H and O–H groups in total. The zero-order valence-corrected chi connectivity index (χ0v) is 7.77. The van der Waals surface area contributed by atoms with E-state index in [1.54, 1.807) is 6.92 Å². The third-order valence-electron chi connectivity index (χ3n) is 2.02. The summed E-state index contributed by atoms with van der Waals surface area (Å²) in [6.45, 7) is 1.80. The summed E-state index contributed by atoms with van der Waals surface area (Å²) in [5.74, 6) is -1.50. The summed E-state index contributed by atoms with van der Waals surface area (Å²) >= 11 is 0. The Kier molecular flexibility index (Phi) is 3.09. The van der Waals surface area contributed by atoms with Gasteiger partial charge in [-0.25, -0.2) is 4.79 Å². The summed E-state index contributed by atoms with van der Waals surface area (Å²) in [6, 6.07) is 4.06. The number of aromatic hydroxyl groups is 1. The lowest BCUT2D eigenvalue weighted by atomic mass is 10.0. The fraction of sp³-hybridized carbons (Fsp3) is 0.300. The lowest BCUT2D eigenvalue weighted by Gasteiger charge is -2.09. The molecular weight excluding hydrogens is 184 g/mol. The van der Waals surface area contributed by atoms with Crippen LogP contribution in [0.3, 0.4) is 0 Å². The molecule has 0 heterocycles. The summed E-state index contributed by atoms with van der Waals surface area (Å²) in [5, 5.41) is 27.4. The normalized spacial score (nSPS) is 12.4. The van der Waals surface area contributed by atoms with Crippen LogP contribution in [0.5, 0.6) is 5.75 Å². The molecule has 0 unspecified atom stereocenters. The highest BCUT2D eigenvalue weighted by Gasteiger charge is 2.12. The quantitative estimate of drug-likeness (QED) is 0.685. The van der Waals surface area contributed by atoms with Gasteiger partial charge in [-0.3, -0.25) is 0 Å². The number of carboxylic acids is 1. The number of carbonyl (C=O) groups is 1. The average Bonchev–Trinajstić information content (AvgIpc) is 2.15. The molecule has 1 aromatic rings. The van der Waals surface area contributed by atoms with E-state index in [9.17, 15) is 15.0 Å². The molecule has 1 aromatic carbocycles. The minimum Gasteiger partial charge on any atom is -0.507 e. The highest BCUT2D eigenvalue weighted by atomic mass is 16.4. The van der Waals surface area contributed by atoms with E-state index >= 15 is 0 Å². The number of rotatable bonds is 3. The number of aliphatic hydroxyl groups is 1. The molecule has 4 nitrogen and oxygen atoms in total. The van der Waals surface area contributed by atoms with Crippen molar-refractivity contribution in [1.29, 1.82) is 0 Å². The van der Waals surface area contributed by atoms with E-state index in [4.69, 9.17) is 5.11 Å². The van der Waals surface area contributed by atoms with Gasteiger partial charge in [0.15, 0.2) is 0 Å². The lowest BCUT2D eigenvalue weighted by Crippen LogP contribution is -2.00. The summed E-state index contributed by atoms with van der Waals surface area (Å²) < 4.78 is 0. The third kappa shape index (κ3) is 2.03. The van der Waals surface area contributed by atoms with Crippen molar-refractivity contribution in [2.75, 3.05) is 0 Å². The Morgan fingerprint density at radius 3 is 2.57 bits per heavy atom. The number of hydrogen-bond acceptors (Lipinski definition) is 3. The Balaban J connectivity index is 3.06. The van der Waals surface area contributed by atoms with Crippen molar-refractivity contribution in [3.63, 3.8) is 0 Å². The highest BCUT2D eigenvalue weighted by Crippen LogP contribution is 2.24. The fourth-order valence-corrected chi connectivity index (χ4v) is 1.17. The van der Waals surface area contributed by atoms with Crippen LogP contribution in [-0.4, -0.2) is 21.3 Å². The molecule has 4 heteroatoms. The van der Waals surface area contributed by atoms with Gasteiger partial charge >= 0.3 is 5.97 Å². The molecule has 0 aromatic heterocycles. The molecule has 76 valence electrons. The van der Waals surface area contributed by atoms with Gasteiger partial charge in [-0.15, -0.1) is 0 Å². The third-order valence-corrected chi connectivity index (χ3v) is 2.02. The fourth-order valence-electron chi connectivity index (χ4n) is 1.17. The van der Waals surface area contributed by atoms with E-state index in [1.807, 2.05) is 0 Å². The summed E-state index contributed by atoms with van der Waals surface area (Å²) in [4.78, 5) is 10.5. The van der Waals surface area contributed by atoms with Gasteiger partial charge in [0.25, 0.3) is 0 Å². The summed E-state index contributed by atoms with van der Waals surface area (Å²) in [7, 11) is 0. The number of hydrogen-bond donors (Lipinski definition) is 3. The molecule has 0 saturated carbocycles. The van der Waals surface area contributed by atoms with Crippen LogP contribution in [0, 0.1) is 0 Å². The number of aliphatic hydroxyl groups excluding tert-OH is 1. The minimum atomic E-state index is -1.18. The Morgan fingerprint density at radius 1 is 1.50 bits per heavy atom. The van der Waals surface area contributed by atoms with Gasteiger partial charge < -0.3 is 15.3 Å². The molecule has 14 heavy (non-hydrogen) atoms. The summed E-state index contributed by atoms with van der Waals surface area (Å²) in [5.41, 5.74) is 0.368. The van der Waals surface area contributed by atoms with Crippen molar-refractivity contribution >= 4 is 5.97 Å². The van der Waals surface area contributed by atoms with E-state index in [0.29, 0.717) is 12.0 Å². The van der Waals surface area contributed by atoms with E-state index in [1.165, 1.54) is 18.2 Å². The second-order valence-corrected chi connectivity index (χ2v) is 3.01. The van der Waals surface area contributed by atoms with Crippen LogP contribution in [-0.2, 0) is 0 Å². The Hall–Kier alpha value is -1.55. The van der Waals surface area contributed by atoms with E-state index in [0.717, 1.165) is 0 Å². The Bertz CT molecular complexity index is 346. The molecule has 0 amide bonds. The standard InChI is InChI=1S/C10H12O4/c1-2-8(11)6-3-4-7(10(13)14)9(12)5-6/h3-5,8,11-12H,2H2,1H3,(H,13,14)/t8-/m0/s1. The first kappa shape index (κ1) is 10.5. The van der Waals surface area contributed by atoms with Gasteiger partial charge in [-0.1, -0.05) is 13.0 Å². The van der Waals surface area contributed by atoms with Crippen LogP contribution in [0.1, 0.15) is 35.4 Å². The molecule has 0 fully saturated rings. The van der Waals surface area contributed by atoms with Crippen LogP contribution in [0.4, 0.5) is 0 Å². The van der Waals surface area contributed by atoms with Crippen molar-refractivity contribution < 1.29 is 20.1 Å². The molecule has 0 bridgehead atoms. The van der Waals surface area contributed by atoms with Gasteiger partial charge in [-0.2, -0.15) is 0 Å². The number of carboxylic acid groups (broad SMARTS) is 1. The number of benzene rings is 1.